The first-order valence-electron chi connectivity index (χ1n) is 9.64. The van der Waals surface area contributed by atoms with Crippen LogP contribution in [-0.4, -0.2) is 64.7 Å². The van der Waals surface area contributed by atoms with E-state index in [0.29, 0.717) is 26.2 Å². The molecule has 2 amide bonds. The van der Waals surface area contributed by atoms with Gasteiger partial charge in [0.2, 0.25) is 5.91 Å². The number of hydrogen-bond donors (Lipinski definition) is 3. The Morgan fingerprint density at radius 3 is 2.59 bits per heavy atom. The maximum Gasteiger partial charge on any atom is 0.404 e. The SMILES string of the molecule is O=C(O)NCCC(=O)N1CCN(c2c(-c3ccccc3)cnc3[nH]ccc23)CC1. The first kappa shape index (κ1) is 18.8. The van der Waals surface area contributed by atoms with E-state index in [2.05, 4.69) is 32.3 Å². The summed E-state index contributed by atoms with van der Waals surface area (Å²) in [5.41, 5.74) is 4.15. The Hall–Kier alpha value is -3.55. The van der Waals surface area contributed by atoms with Gasteiger partial charge < -0.3 is 25.2 Å². The molecular weight excluding hydrogens is 370 g/mol. The molecule has 3 aromatic rings. The summed E-state index contributed by atoms with van der Waals surface area (Å²) in [6, 6.07) is 12.2. The summed E-state index contributed by atoms with van der Waals surface area (Å²) < 4.78 is 0. The fourth-order valence-corrected chi connectivity index (χ4v) is 3.78. The number of benzene rings is 1. The second-order valence-corrected chi connectivity index (χ2v) is 6.98. The van der Waals surface area contributed by atoms with E-state index >= 15 is 0 Å². The molecule has 150 valence electrons. The predicted octanol–water partition coefficient (Wildman–Crippen LogP) is 2.54. The summed E-state index contributed by atoms with van der Waals surface area (Å²) in [4.78, 5) is 34.7. The lowest BCUT2D eigenvalue weighted by Crippen LogP contribution is -2.49. The van der Waals surface area contributed by atoms with Crippen molar-refractivity contribution in [1.29, 1.82) is 0 Å². The van der Waals surface area contributed by atoms with Crippen LogP contribution in [0.4, 0.5) is 10.5 Å². The lowest BCUT2D eigenvalue weighted by atomic mass is 10.0. The Balaban J connectivity index is 1.53. The van der Waals surface area contributed by atoms with Gasteiger partial charge in [0.1, 0.15) is 5.65 Å². The average molecular weight is 393 g/mol. The highest BCUT2D eigenvalue weighted by atomic mass is 16.4. The van der Waals surface area contributed by atoms with Crippen molar-refractivity contribution in [2.24, 2.45) is 0 Å². The van der Waals surface area contributed by atoms with Gasteiger partial charge in [-0.2, -0.15) is 0 Å². The van der Waals surface area contributed by atoms with Crippen molar-refractivity contribution in [1.82, 2.24) is 20.2 Å². The van der Waals surface area contributed by atoms with Crippen molar-refractivity contribution >= 4 is 28.7 Å². The first-order chi connectivity index (χ1) is 14.1. The number of aromatic nitrogens is 2. The molecule has 3 N–H and O–H groups in total. The molecule has 0 aliphatic carbocycles. The quantitative estimate of drug-likeness (QED) is 0.618. The predicted molar refractivity (Wildman–Crippen MR) is 111 cm³/mol. The van der Waals surface area contributed by atoms with E-state index in [9.17, 15) is 9.59 Å². The number of nitrogens with zero attached hydrogens (tertiary/aromatic N) is 3. The van der Waals surface area contributed by atoms with Gasteiger partial charge in [0.05, 0.1) is 5.69 Å². The molecule has 1 aliphatic heterocycles. The molecule has 0 unspecified atom stereocenters. The molecule has 1 aliphatic rings. The van der Waals surface area contributed by atoms with Gasteiger partial charge in [-0.25, -0.2) is 9.78 Å². The Morgan fingerprint density at radius 1 is 1.10 bits per heavy atom. The number of aromatic amines is 1. The lowest BCUT2D eigenvalue weighted by molar-refractivity contribution is -0.131. The number of pyridine rings is 1. The number of nitrogens with one attached hydrogen (secondary N) is 2. The number of piperazine rings is 1. The maximum atomic E-state index is 12.3. The van der Waals surface area contributed by atoms with Crippen LogP contribution in [0.5, 0.6) is 0 Å². The van der Waals surface area contributed by atoms with Gasteiger partial charge in [-0.1, -0.05) is 30.3 Å². The molecule has 8 nitrogen and oxygen atoms in total. The van der Waals surface area contributed by atoms with Gasteiger partial charge in [0, 0.05) is 62.5 Å². The lowest BCUT2D eigenvalue weighted by Gasteiger charge is -2.37. The standard InChI is InChI=1S/C21H23N5O3/c27-18(7-9-23-21(28)29)25-10-12-26(13-11-25)19-16-6-8-22-20(16)24-14-17(19)15-4-2-1-3-5-15/h1-6,8,14,23H,7,9-13H2,(H,22,24)(H,28,29). The molecule has 0 bridgehead atoms. The van der Waals surface area contributed by atoms with Gasteiger partial charge >= 0.3 is 6.09 Å². The normalized spacial score (nSPS) is 14.2. The second-order valence-electron chi connectivity index (χ2n) is 6.98. The molecule has 0 saturated carbocycles. The molecule has 2 aromatic heterocycles. The summed E-state index contributed by atoms with van der Waals surface area (Å²) in [5.74, 6) is -0.0248. The van der Waals surface area contributed by atoms with Crippen molar-refractivity contribution in [2.75, 3.05) is 37.6 Å². The fourth-order valence-electron chi connectivity index (χ4n) is 3.78. The number of amides is 2. The van der Waals surface area contributed by atoms with E-state index in [-0.39, 0.29) is 18.9 Å². The third kappa shape index (κ3) is 4.01. The number of carbonyl (C=O) groups is 2. The maximum absolute atomic E-state index is 12.3. The summed E-state index contributed by atoms with van der Waals surface area (Å²) in [5, 5.41) is 11.9. The molecule has 1 aromatic carbocycles. The number of hydrogen-bond acceptors (Lipinski definition) is 4. The molecule has 0 atom stereocenters. The topological polar surface area (TPSA) is 102 Å². The zero-order chi connectivity index (χ0) is 20.2. The number of carboxylic acid groups (broad SMARTS) is 1. The van der Waals surface area contributed by atoms with Gasteiger partial charge in [0.25, 0.3) is 0 Å². The number of fused-ring (bicyclic) bond motifs is 1. The van der Waals surface area contributed by atoms with Crippen LogP contribution in [0.2, 0.25) is 0 Å². The number of anilines is 1. The first-order valence-corrected chi connectivity index (χ1v) is 9.64. The molecule has 0 spiro atoms. The summed E-state index contributed by atoms with van der Waals surface area (Å²) in [7, 11) is 0. The van der Waals surface area contributed by atoms with Gasteiger partial charge in [-0.15, -0.1) is 0 Å². The monoisotopic (exact) mass is 393 g/mol. The number of H-pyrrole nitrogens is 1. The number of carbonyl (C=O) groups excluding carboxylic acids is 1. The molecule has 4 rings (SSSR count). The molecule has 1 fully saturated rings. The van der Waals surface area contributed by atoms with Gasteiger partial charge in [-0.3, -0.25) is 4.79 Å². The minimum atomic E-state index is -1.11. The Kier molecular flexibility index (Phi) is 5.33. The van der Waals surface area contributed by atoms with Crippen LogP contribution in [-0.2, 0) is 4.79 Å². The highest BCUT2D eigenvalue weighted by Gasteiger charge is 2.24. The van der Waals surface area contributed by atoms with Gasteiger partial charge in [0.15, 0.2) is 0 Å². The average Bonchev–Trinajstić information content (AvgIpc) is 3.22. The third-order valence-corrected chi connectivity index (χ3v) is 5.21. The van der Waals surface area contributed by atoms with Crippen LogP contribution >= 0.6 is 0 Å². The second kappa shape index (κ2) is 8.22. The molecule has 29 heavy (non-hydrogen) atoms. The smallest absolute Gasteiger partial charge is 0.404 e. The molecule has 3 heterocycles. The van der Waals surface area contributed by atoms with Crippen molar-refractivity contribution < 1.29 is 14.7 Å². The molecule has 1 saturated heterocycles. The third-order valence-electron chi connectivity index (χ3n) is 5.21. The van der Waals surface area contributed by atoms with Crippen molar-refractivity contribution in [3.8, 4) is 11.1 Å². The Labute approximate surface area is 168 Å². The molecular formula is C21H23N5O3. The van der Waals surface area contributed by atoms with Crippen LogP contribution < -0.4 is 10.2 Å². The fraction of sp³-hybridized carbons (Fsp3) is 0.286. The Bertz CT molecular complexity index is 1010. The van der Waals surface area contributed by atoms with E-state index in [1.807, 2.05) is 36.7 Å². The highest BCUT2D eigenvalue weighted by molar-refractivity contribution is 5.98. The van der Waals surface area contributed by atoms with E-state index in [0.717, 1.165) is 27.8 Å². The van der Waals surface area contributed by atoms with Gasteiger partial charge in [-0.05, 0) is 11.6 Å². The van der Waals surface area contributed by atoms with Crippen molar-refractivity contribution in [3.63, 3.8) is 0 Å². The van der Waals surface area contributed by atoms with E-state index in [1.165, 1.54) is 0 Å². The van der Waals surface area contributed by atoms with Crippen LogP contribution in [0, 0.1) is 0 Å². The van der Waals surface area contributed by atoms with Crippen LogP contribution in [0.3, 0.4) is 0 Å². The summed E-state index contributed by atoms with van der Waals surface area (Å²) >= 11 is 0. The highest BCUT2D eigenvalue weighted by Crippen LogP contribution is 2.36. The van der Waals surface area contributed by atoms with E-state index < -0.39 is 6.09 Å². The zero-order valence-electron chi connectivity index (χ0n) is 16.0. The minimum Gasteiger partial charge on any atom is -0.465 e. The summed E-state index contributed by atoms with van der Waals surface area (Å²) in [6.07, 6.45) is 2.87. The van der Waals surface area contributed by atoms with Crippen LogP contribution in [0.15, 0.2) is 48.8 Å². The zero-order valence-corrected chi connectivity index (χ0v) is 16.0. The molecule has 0 radical (unpaired) electrons. The Morgan fingerprint density at radius 2 is 1.86 bits per heavy atom. The van der Waals surface area contributed by atoms with Crippen molar-refractivity contribution in [3.05, 3.63) is 48.8 Å². The largest absolute Gasteiger partial charge is 0.465 e. The molecule has 8 heteroatoms. The minimum absolute atomic E-state index is 0.0248. The summed E-state index contributed by atoms with van der Waals surface area (Å²) in [6.45, 7) is 2.77. The van der Waals surface area contributed by atoms with Crippen LogP contribution in [0.25, 0.3) is 22.2 Å². The van der Waals surface area contributed by atoms with E-state index in [4.69, 9.17) is 5.11 Å². The number of rotatable bonds is 5. The van der Waals surface area contributed by atoms with E-state index in [1.54, 1.807) is 4.90 Å². The van der Waals surface area contributed by atoms with Crippen LogP contribution in [0.1, 0.15) is 6.42 Å². The van der Waals surface area contributed by atoms with Crippen molar-refractivity contribution in [2.45, 2.75) is 6.42 Å².